The third kappa shape index (κ3) is 4.36. The van der Waals surface area contributed by atoms with Gasteiger partial charge in [-0.25, -0.2) is 0 Å². The summed E-state index contributed by atoms with van der Waals surface area (Å²) in [6, 6.07) is 13.8. The summed E-state index contributed by atoms with van der Waals surface area (Å²) in [6.45, 7) is 0.531. The normalized spacial score (nSPS) is 20.1. The van der Waals surface area contributed by atoms with E-state index in [0.29, 0.717) is 12.4 Å². The molecule has 1 aliphatic heterocycles. The first-order valence-corrected chi connectivity index (χ1v) is 10.6. The predicted molar refractivity (Wildman–Crippen MR) is 109 cm³/mol. The van der Waals surface area contributed by atoms with E-state index in [4.69, 9.17) is 4.74 Å². The van der Waals surface area contributed by atoms with Gasteiger partial charge in [-0.05, 0) is 62.9 Å². The molecule has 2 atom stereocenters. The number of thioether (sulfide) groups is 1. The van der Waals surface area contributed by atoms with E-state index in [9.17, 15) is 9.90 Å². The number of hydrogen-bond acceptors (Lipinski definition) is 4. The lowest BCUT2D eigenvalue weighted by Gasteiger charge is -2.15. The molecule has 1 saturated heterocycles. The Morgan fingerprint density at radius 1 is 1.25 bits per heavy atom. The summed E-state index contributed by atoms with van der Waals surface area (Å²) < 4.78 is 8.07. The highest BCUT2D eigenvalue weighted by molar-refractivity contribution is 14.1. The van der Waals surface area contributed by atoms with Gasteiger partial charge in [-0.1, -0.05) is 42.1 Å². The molecule has 0 aliphatic carbocycles. The molecular weight excluding hydrogens is 552 g/mol. The standard InChI is InChI=1S/C17H15I2NO3S/c18-12-6-11(16-20-14(9-24-16)17(21)22)7-13(19)15(12)23-8-10-4-2-1-3-5-10/h1-7,14,16,20H,8-9H2,(H,21,22)/t14-,16-/m1/s1. The molecule has 0 saturated carbocycles. The molecule has 0 radical (unpaired) electrons. The lowest BCUT2D eigenvalue weighted by Crippen LogP contribution is -2.90. The number of quaternary nitrogens is 1. The fraction of sp³-hybridized carbons (Fsp3) is 0.235. The Morgan fingerprint density at radius 3 is 2.50 bits per heavy atom. The summed E-state index contributed by atoms with van der Waals surface area (Å²) in [6.07, 6.45) is 0. The number of halogens is 2. The third-order valence-electron chi connectivity index (χ3n) is 3.74. The highest BCUT2D eigenvalue weighted by atomic mass is 127. The second kappa shape index (κ2) is 8.24. The van der Waals surface area contributed by atoms with E-state index in [0.717, 1.165) is 24.0 Å². The monoisotopic (exact) mass is 567 g/mol. The minimum absolute atomic E-state index is 0.0955. The van der Waals surface area contributed by atoms with Crippen LogP contribution in [0.2, 0.25) is 0 Å². The topological polar surface area (TPSA) is 66.0 Å². The Hall–Kier alpha value is -0.520. The zero-order valence-electron chi connectivity index (χ0n) is 12.6. The molecule has 1 fully saturated rings. The van der Waals surface area contributed by atoms with Crippen molar-refractivity contribution in [2.75, 3.05) is 5.75 Å². The van der Waals surface area contributed by atoms with Crippen molar-refractivity contribution in [1.82, 2.24) is 0 Å². The summed E-state index contributed by atoms with van der Waals surface area (Å²) in [5.74, 6) is 0.465. The number of aliphatic carboxylic acids is 1. The Labute approximate surface area is 172 Å². The number of rotatable bonds is 5. The molecule has 2 aromatic rings. The summed E-state index contributed by atoms with van der Waals surface area (Å²) in [5, 5.41) is 13.0. The van der Waals surface area contributed by atoms with Gasteiger partial charge in [0.15, 0.2) is 5.37 Å². The molecule has 3 rings (SSSR count). The van der Waals surface area contributed by atoms with Crippen LogP contribution in [-0.4, -0.2) is 17.8 Å². The van der Waals surface area contributed by atoms with Gasteiger partial charge in [0.25, 0.3) is 0 Å². The number of carbonyl (C=O) groups excluding carboxylic acids is 1. The van der Waals surface area contributed by atoms with Crippen molar-refractivity contribution in [2.45, 2.75) is 18.0 Å². The minimum atomic E-state index is -0.989. The number of carboxylic acids is 1. The molecule has 2 N–H and O–H groups in total. The lowest BCUT2D eigenvalue weighted by molar-refractivity contribution is -0.690. The minimum Gasteiger partial charge on any atom is -0.544 e. The predicted octanol–water partition coefficient (Wildman–Crippen LogP) is 1.90. The van der Waals surface area contributed by atoms with Gasteiger partial charge in [-0.15, -0.1) is 0 Å². The van der Waals surface area contributed by atoms with Crippen LogP contribution < -0.4 is 15.2 Å². The van der Waals surface area contributed by atoms with Gasteiger partial charge in [-0.3, -0.25) is 0 Å². The maximum absolute atomic E-state index is 11.0. The fourth-order valence-electron chi connectivity index (χ4n) is 2.49. The van der Waals surface area contributed by atoms with Crippen molar-refractivity contribution in [1.29, 1.82) is 0 Å². The van der Waals surface area contributed by atoms with Crippen LogP contribution in [-0.2, 0) is 11.4 Å². The highest BCUT2D eigenvalue weighted by Crippen LogP contribution is 2.35. The summed E-state index contributed by atoms with van der Waals surface area (Å²) in [5.41, 5.74) is 2.24. The molecule has 7 heteroatoms. The zero-order chi connectivity index (χ0) is 17.1. The first kappa shape index (κ1) is 18.3. The first-order valence-electron chi connectivity index (χ1n) is 7.37. The van der Waals surface area contributed by atoms with Crippen molar-refractivity contribution >= 4 is 62.9 Å². The van der Waals surface area contributed by atoms with E-state index >= 15 is 0 Å². The molecule has 0 spiro atoms. The molecule has 0 unspecified atom stereocenters. The number of carboxylic acid groups (broad SMARTS) is 1. The van der Waals surface area contributed by atoms with Crippen LogP contribution in [0.3, 0.4) is 0 Å². The molecule has 1 heterocycles. The largest absolute Gasteiger partial charge is 0.544 e. The third-order valence-corrected chi connectivity index (χ3v) is 6.68. The Balaban J connectivity index is 1.73. The van der Waals surface area contributed by atoms with E-state index in [2.05, 4.69) is 57.3 Å². The van der Waals surface area contributed by atoms with Crippen molar-refractivity contribution in [2.24, 2.45) is 0 Å². The van der Waals surface area contributed by atoms with Gasteiger partial charge in [0.2, 0.25) is 0 Å². The van der Waals surface area contributed by atoms with E-state index in [1.807, 2.05) is 35.6 Å². The number of nitrogens with two attached hydrogens (primary N) is 1. The number of ether oxygens (including phenoxy) is 1. The van der Waals surface area contributed by atoms with Crippen molar-refractivity contribution in [3.05, 3.63) is 60.7 Å². The van der Waals surface area contributed by atoms with Crippen LogP contribution in [0.4, 0.5) is 0 Å². The number of benzene rings is 2. The van der Waals surface area contributed by atoms with Gasteiger partial charge in [0.1, 0.15) is 24.4 Å². The van der Waals surface area contributed by atoms with Crippen LogP contribution in [0.1, 0.15) is 16.5 Å². The van der Waals surface area contributed by atoms with Crippen molar-refractivity contribution in [3.63, 3.8) is 0 Å². The molecule has 1 aliphatic rings. The Morgan fingerprint density at radius 2 is 1.92 bits per heavy atom. The molecule has 0 bridgehead atoms. The van der Waals surface area contributed by atoms with Gasteiger partial charge in [0.05, 0.1) is 12.9 Å². The van der Waals surface area contributed by atoms with Crippen molar-refractivity contribution < 1.29 is 20.0 Å². The van der Waals surface area contributed by atoms with Gasteiger partial charge >= 0.3 is 0 Å². The van der Waals surface area contributed by atoms with Gasteiger partial charge < -0.3 is 20.0 Å². The maximum atomic E-state index is 11.0. The van der Waals surface area contributed by atoms with E-state index in [1.165, 1.54) is 0 Å². The Bertz CT molecular complexity index is 719. The molecular formula is C17H15I2NO3S. The van der Waals surface area contributed by atoms with Crippen LogP contribution in [0, 0.1) is 7.14 Å². The summed E-state index contributed by atoms with van der Waals surface area (Å²) in [7, 11) is 0. The molecule has 4 nitrogen and oxygen atoms in total. The first-order chi connectivity index (χ1) is 11.5. The second-order valence-corrected chi connectivity index (χ2v) is 8.96. The van der Waals surface area contributed by atoms with E-state index < -0.39 is 12.0 Å². The quantitative estimate of drug-likeness (QED) is 0.562. The fourth-order valence-corrected chi connectivity index (χ4v) is 5.91. The maximum Gasteiger partial charge on any atom is 0.159 e. The van der Waals surface area contributed by atoms with E-state index in [1.54, 1.807) is 11.8 Å². The highest BCUT2D eigenvalue weighted by Gasteiger charge is 2.31. The lowest BCUT2D eigenvalue weighted by atomic mass is 10.2. The van der Waals surface area contributed by atoms with Crippen LogP contribution >= 0.6 is 56.9 Å². The van der Waals surface area contributed by atoms with Crippen LogP contribution in [0.15, 0.2) is 42.5 Å². The SMILES string of the molecule is O=C([O-])[C@H]1CS[C@H](c2cc(I)c(OCc3ccccc3)c(I)c2)[NH2+]1. The second-order valence-electron chi connectivity index (χ2n) is 5.46. The van der Waals surface area contributed by atoms with Crippen LogP contribution in [0.5, 0.6) is 5.75 Å². The molecule has 0 aromatic heterocycles. The van der Waals surface area contributed by atoms with Crippen molar-refractivity contribution in [3.8, 4) is 5.75 Å². The smallest absolute Gasteiger partial charge is 0.159 e. The number of hydrogen-bond donors (Lipinski definition) is 1. The molecule has 0 amide bonds. The zero-order valence-corrected chi connectivity index (χ0v) is 17.7. The van der Waals surface area contributed by atoms with E-state index in [-0.39, 0.29) is 5.37 Å². The van der Waals surface area contributed by atoms with Crippen LogP contribution in [0.25, 0.3) is 0 Å². The summed E-state index contributed by atoms with van der Waals surface area (Å²) in [4.78, 5) is 11.0. The van der Waals surface area contributed by atoms with Gasteiger partial charge in [-0.2, -0.15) is 0 Å². The Kier molecular flexibility index (Phi) is 6.27. The molecule has 2 aromatic carbocycles. The average Bonchev–Trinajstić information content (AvgIpc) is 3.05. The number of carbonyl (C=O) groups is 1. The average molecular weight is 567 g/mol. The summed E-state index contributed by atoms with van der Waals surface area (Å²) >= 11 is 6.20. The van der Waals surface area contributed by atoms with Gasteiger partial charge in [0, 0.05) is 5.56 Å². The molecule has 126 valence electrons. The molecule has 24 heavy (non-hydrogen) atoms.